The number of rotatable bonds is 46. The van der Waals surface area contributed by atoms with Gasteiger partial charge in [-0.3, -0.25) is 14.4 Å². The fraction of sp³-hybridized carbons (Fsp3) is 0.644. The molecule has 0 radical (unpaired) electrons. The van der Waals surface area contributed by atoms with Crippen molar-refractivity contribution in [2.24, 2.45) is 0 Å². The average Bonchev–Trinajstić information content (AvgIpc) is 3.30. The smallest absolute Gasteiger partial charge is 0.306 e. The zero-order valence-corrected chi connectivity index (χ0v) is 42.0. The molecule has 0 heterocycles. The number of carbonyl (C=O) groups is 3. The van der Waals surface area contributed by atoms with Crippen LogP contribution in [0.2, 0.25) is 0 Å². The standard InChI is InChI=1S/C59H96O6/c1-4-7-10-13-16-19-20-21-22-23-24-25-26-27-28-29-30-31-32-33-34-35-36-37-38-41-43-46-49-52-58(61)64-55-56(65-59(62)53-50-47-44-40-18-15-12-9-6-3)54-63-57(60)51-48-45-42-39-17-14-11-8-5-2/h7,10,16,19,21-22,24-25,27-28,30-31,33-34,36-37,41,43,56H,4-6,8-9,11-15,17-18,20,23,26,29,32,35,38-40,42,44-55H2,1-3H3/b10-7-,19-16-,22-21-,25-24-,28-27-,31-30-,34-33-,37-36-,43-41-. The predicted octanol–water partition coefficient (Wildman–Crippen LogP) is 17.5. The summed E-state index contributed by atoms with van der Waals surface area (Å²) in [5.41, 5.74) is 0. The molecule has 0 fully saturated rings. The van der Waals surface area contributed by atoms with E-state index in [-0.39, 0.29) is 37.5 Å². The van der Waals surface area contributed by atoms with E-state index < -0.39 is 6.10 Å². The van der Waals surface area contributed by atoms with E-state index in [1.807, 2.05) is 0 Å². The van der Waals surface area contributed by atoms with E-state index in [2.05, 4.69) is 130 Å². The van der Waals surface area contributed by atoms with E-state index >= 15 is 0 Å². The molecule has 65 heavy (non-hydrogen) atoms. The summed E-state index contributed by atoms with van der Waals surface area (Å²) in [5, 5.41) is 0. The van der Waals surface area contributed by atoms with Crippen LogP contribution in [-0.4, -0.2) is 37.2 Å². The quantitative estimate of drug-likeness (QED) is 0.0262. The van der Waals surface area contributed by atoms with Gasteiger partial charge in [0.05, 0.1) is 0 Å². The lowest BCUT2D eigenvalue weighted by Gasteiger charge is -2.18. The van der Waals surface area contributed by atoms with Gasteiger partial charge in [0.2, 0.25) is 0 Å². The molecule has 6 nitrogen and oxygen atoms in total. The van der Waals surface area contributed by atoms with Crippen LogP contribution in [0.1, 0.15) is 226 Å². The molecule has 0 aliphatic rings. The van der Waals surface area contributed by atoms with Crippen molar-refractivity contribution in [3.05, 3.63) is 109 Å². The van der Waals surface area contributed by atoms with Crippen LogP contribution in [0.15, 0.2) is 109 Å². The molecule has 6 heteroatoms. The van der Waals surface area contributed by atoms with Crippen LogP contribution in [0, 0.1) is 0 Å². The highest BCUT2D eigenvalue weighted by molar-refractivity contribution is 5.71. The van der Waals surface area contributed by atoms with Gasteiger partial charge in [-0.25, -0.2) is 0 Å². The average molecular weight is 901 g/mol. The van der Waals surface area contributed by atoms with Gasteiger partial charge < -0.3 is 14.2 Å². The molecule has 0 aliphatic heterocycles. The Bertz CT molecular complexity index is 1360. The molecule has 0 amide bonds. The van der Waals surface area contributed by atoms with Gasteiger partial charge in [-0.1, -0.05) is 233 Å². The van der Waals surface area contributed by atoms with Crippen LogP contribution in [-0.2, 0) is 28.6 Å². The molecule has 0 N–H and O–H groups in total. The predicted molar refractivity (Wildman–Crippen MR) is 279 cm³/mol. The SMILES string of the molecule is CC/C=C\C/C=C\C/C=C\C/C=C\C/C=C\C/C=C\C/C=C\C/C=C\C/C=C\CCCC(=O)OCC(COC(=O)CCCCCCCCCCC)OC(=O)CCCCCCCCCCC. The van der Waals surface area contributed by atoms with E-state index in [0.29, 0.717) is 19.3 Å². The van der Waals surface area contributed by atoms with Crippen LogP contribution >= 0.6 is 0 Å². The molecule has 0 aromatic heterocycles. The van der Waals surface area contributed by atoms with Gasteiger partial charge in [-0.2, -0.15) is 0 Å². The Balaban J connectivity index is 4.29. The molecule has 1 unspecified atom stereocenters. The molecule has 0 bridgehead atoms. The van der Waals surface area contributed by atoms with Crippen molar-refractivity contribution in [2.45, 2.75) is 232 Å². The Morgan fingerprint density at radius 3 is 0.938 bits per heavy atom. The molecule has 0 aromatic carbocycles. The first-order chi connectivity index (χ1) is 32.0. The zero-order chi connectivity index (χ0) is 47.2. The second kappa shape index (κ2) is 52.7. The summed E-state index contributed by atoms with van der Waals surface area (Å²) in [6.45, 7) is 6.42. The van der Waals surface area contributed by atoms with Gasteiger partial charge >= 0.3 is 17.9 Å². The van der Waals surface area contributed by atoms with E-state index in [1.54, 1.807) is 0 Å². The minimum absolute atomic E-state index is 0.0947. The second-order valence-electron chi connectivity index (χ2n) is 17.1. The molecule has 0 saturated carbocycles. The Labute approximate surface area is 400 Å². The first-order valence-electron chi connectivity index (χ1n) is 26.4. The minimum atomic E-state index is -0.796. The Kier molecular flexibility index (Phi) is 49.5. The highest BCUT2D eigenvalue weighted by atomic mass is 16.6. The molecule has 0 saturated heterocycles. The lowest BCUT2D eigenvalue weighted by Crippen LogP contribution is -2.30. The van der Waals surface area contributed by atoms with Crippen molar-refractivity contribution >= 4 is 17.9 Å². The van der Waals surface area contributed by atoms with E-state index in [1.165, 1.54) is 77.0 Å². The first kappa shape index (κ1) is 61.1. The number of allylic oxidation sites excluding steroid dienone is 18. The van der Waals surface area contributed by atoms with Crippen molar-refractivity contribution in [3.63, 3.8) is 0 Å². The third-order valence-electron chi connectivity index (χ3n) is 10.8. The van der Waals surface area contributed by atoms with Crippen molar-refractivity contribution in [2.75, 3.05) is 13.2 Å². The summed E-state index contributed by atoms with van der Waals surface area (Å²) in [7, 11) is 0. The monoisotopic (exact) mass is 901 g/mol. The van der Waals surface area contributed by atoms with Gasteiger partial charge in [0.15, 0.2) is 6.10 Å². The summed E-state index contributed by atoms with van der Waals surface area (Å²) in [6.07, 6.45) is 71.0. The normalized spacial score (nSPS) is 13.0. The Morgan fingerprint density at radius 2 is 0.600 bits per heavy atom. The number of hydrogen-bond donors (Lipinski definition) is 0. The molecule has 0 aromatic rings. The second-order valence-corrected chi connectivity index (χ2v) is 17.1. The van der Waals surface area contributed by atoms with Crippen LogP contribution in [0.5, 0.6) is 0 Å². The largest absolute Gasteiger partial charge is 0.462 e. The lowest BCUT2D eigenvalue weighted by molar-refractivity contribution is -0.167. The summed E-state index contributed by atoms with van der Waals surface area (Å²) in [4.78, 5) is 37.7. The molecular formula is C59H96O6. The molecule has 1 atom stereocenters. The Morgan fingerprint density at radius 1 is 0.323 bits per heavy atom. The fourth-order valence-electron chi connectivity index (χ4n) is 6.85. The van der Waals surface area contributed by atoms with Crippen LogP contribution in [0.4, 0.5) is 0 Å². The van der Waals surface area contributed by atoms with E-state index in [0.717, 1.165) is 103 Å². The van der Waals surface area contributed by atoms with E-state index in [4.69, 9.17) is 14.2 Å². The highest BCUT2D eigenvalue weighted by Gasteiger charge is 2.19. The van der Waals surface area contributed by atoms with Gasteiger partial charge in [0.25, 0.3) is 0 Å². The van der Waals surface area contributed by atoms with Crippen molar-refractivity contribution in [1.29, 1.82) is 0 Å². The maximum Gasteiger partial charge on any atom is 0.306 e. The molecular weight excluding hydrogens is 805 g/mol. The topological polar surface area (TPSA) is 78.9 Å². The minimum Gasteiger partial charge on any atom is -0.462 e. The zero-order valence-electron chi connectivity index (χ0n) is 42.0. The van der Waals surface area contributed by atoms with Crippen molar-refractivity contribution < 1.29 is 28.6 Å². The number of ether oxygens (including phenoxy) is 3. The van der Waals surface area contributed by atoms with Gasteiger partial charge in [-0.05, 0) is 83.5 Å². The number of esters is 3. The highest BCUT2D eigenvalue weighted by Crippen LogP contribution is 2.13. The third kappa shape index (κ3) is 50.9. The fourth-order valence-corrected chi connectivity index (χ4v) is 6.85. The van der Waals surface area contributed by atoms with Crippen molar-refractivity contribution in [1.82, 2.24) is 0 Å². The van der Waals surface area contributed by atoms with Gasteiger partial charge in [0.1, 0.15) is 13.2 Å². The van der Waals surface area contributed by atoms with Crippen LogP contribution < -0.4 is 0 Å². The third-order valence-corrected chi connectivity index (χ3v) is 10.8. The van der Waals surface area contributed by atoms with Crippen LogP contribution in [0.25, 0.3) is 0 Å². The van der Waals surface area contributed by atoms with Gasteiger partial charge in [0, 0.05) is 19.3 Å². The molecule has 368 valence electrons. The summed E-state index contributed by atoms with van der Waals surface area (Å²) in [5.74, 6) is -0.968. The van der Waals surface area contributed by atoms with Crippen LogP contribution in [0.3, 0.4) is 0 Å². The summed E-state index contributed by atoms with van der Waals surface area (Å²) >= 11 is 0. The first-order valence-corrected chi connectivity index (χ1v) is 26.4. The summed E-state index contributed by atoms with van der Waals surface area (Å²) in [6, 6.07) is 0. The molecule has 0 aliphatic carbocycles. The molecule has 0 spiro atoms. The maximum atomic E-state index is 12.7. The van der Waals surface area contributed by atoms with E-state index in [9.17, 15) is 14.4 Å². The van der Waals surface area contributed by atoms with Gasteiger partial charge in [-0.15, -0.1) is 0 Å². The number of hydrogen-bond acceptors (Lipinski definition) is 6. The number of carbonyl (C=O) groups excluding carboxylic acids is 3. The molecule has 0 rings (SSSR count). The number of unbranched alkanes of at least 4 members (excludes halogenated alkanes) is 17. The summed E-state index contributed by atoms with van der Waals surface area (Å²) < 4.78 is 16.7. The van der Waals surface area contributed by atoms with Crippen molar-refractivity contribution in [3.8, 4) is 0 Å². The lowest BCUT2D eigenvalue weighted by atomic mass is 10.1. The Hall–Kier alpha value is -3.93. The maximum absolute atomic E-state index is 12.7.